The second kappa shape index (κ2) is 9.97. The summed E-state index contributed by atoms with van der Waals surface area (Å²) in [6.45, 7) is 2.37. The molecule has 2 aliphatic heterocycles. The zero-order valence-corrected chi connectivity index (χ0v) is 20.2. The number of fused-ring (bicyclic) bond motifs is 1. The number of carbonyl (C=O) groups is 1. The Kier molecular flexibility index (Phi) is 6.59. The van der Waals surface area contributed by atoms with Crippen LogP contribution in [0.15, 0.2) is 53.5 Å². The molecular weight excluding hydrogens is 464 g/mol. The summed E-state index contributed by atoms with van der Waals surface area (Å²) in [6.07, 6.45) is 3.64. The van der Waals surface area contributed by atoms with Gasteiger partial charge in [0.25, 0.3) is 5.91 Å². The van der Waals surface area contributed by atoms with E-state index < -0.39 is 11.6 Å². The van der Waals surface area contributed by atoms with Gasteiger partial charge in [0.1, 0.15) is 5.84 Å². The summed E-state index contributed by atoms with van der Waals surface area (Å²) < 4.78 is 40.0. The number of piperidine rings is 1. The molecule has 1 N–H and O–H groups in total. The number of hydrogen-bond donors (Lipinski definition) is 1. The second-order valence-electron chi connectivity index (χ2n) is 8.87. The van der Waals surface area contributed by atoms with Gasteiger partial charge in [-0.1, -0.05) is 12.1 Å². The molecule has 0 aromatic heterocycles. The van der Waals surface area contributed by atoms with Crippen LogP contribution in [0.25, 0.3) is 11.1 Å². The molecule has 2 heterocycles. The van der Waals surface area contributed by atoms with Crippen molar-refractivity contribution >= 4 is 17.4 Å². The van der Waals surface area contributed by atoms with Crippen molar-refractivity contribution in [1.82, 2.24) is 5.32 Å². The molecule has 2 aliphatic rings. The number of benzene rings is 3. The molecule has 1 amide bonds. The molecule has 0 radical (unpaired) electrons. The van der Waals surface area contributed by atoms with Crippen molar-refractivity contribution in [3.05, 3.63) is 76.9 Å². The van der Waals surface area contributed by atoms with E-state index in [-0.39, 0.29) is 29.5 Å². The van der Waals surface area contributed by atoms with Crippen molar-refractivity contribution < 1.29 is 23.0 Å². The maximum absolute atomic E-state index is 15.0. The molecule has 0 spiro atoms. The van der Waals surface area contributed by atoms with E-state index in [1.54, 1.807) is 18.2 Å². The van der Waals surface area contributed by atoms with Crippen molar-refractivity contribution in [3.63, 3.8) is 0 Å². The molecule has 186 valence electrons. The third-order valence-corrected chi connectivity index (χ3v) is 6.71. The van der Waals surface area contributed by atoms with Crippen LogP contribution in [0.3, 0.4) is 0 Å². The van der Waals surface area contributed by atoms with Crippen LogP contribution in [0.2, 0.25) is 0 Å². The summed E-state index contributed by atoms with van der Waals surface area (Å²) in [6, 6.07) is 13.7. The Balaban J connectivity index is 1.35. The monoisotopic (exact) mass is 491 g/mol. The van der Waals surface area contributed by atoms with Gasteiger partial charge >= 0.3 is 0 Å². The Hall–Kier alpha value is -3.94. The van der Waals surface area contributed by atoms with Crippen molar-refractivity contribution in [2.45, 2.75) is 25.8 Å². The summed E-state index contributed by atoms with van der Waals surface area (Å²) >= 11 is 0. The lowest BCUT2D eigenvalue weighted by molar-refractivity contribution is 0.0977. The lowest BCUT2D eigenvalue weighted by Crippen LogP contribution is -2.31. The molecule has 0 bridgehead atoms. The minimum Gasteiger partial charge on any atom is -0.494 e. The minimum atomic E-state index is -0.809. The van der Waals surface area contributed by atoms with Crippen LogP contribution in [-0.2, 0) is 6.54 Å². The third-order valence-electron chi connectivity index (χ3n) is 6.71. The Morgan fingerprint density at radius 1 is 0.917 bits per heavy atom. The first-order valence-electron chi connectivity index (χ1n) is 11.9. The maximum atomic E-state index is 15.0. The molecule has 6 nitrogen and oxygen atoms in total. The van der Waals surface area contributed by atoms with E-state index in [0.717, 1.165) is 24.3 Å². The normalized spacial score (nSPS) is 14.8. The molecule has 0 saturated carbocycles. The van der Waals surface area contributed by atoms with Gasteiger partial charge in [-0.25, -0.2) is 8.78 Å². The predicted octanol–water partition coefficient (Wildman–Crippen LogP) is 5.33. The number of rotatable bonds is 5. The topological polar surface area (TPSA) is 63.2 Å². The number of amides is 1. The number of nitrogens with zero attached hydrogens (tertiary/aromatic N) is 2. The fourth-order valence-corrected chi connectivity index (χ4v) is 4.76. The fourth-order valence-electron chi connectivity index (χ4n) is 4.76. The average molecular weight is 492 g/mol. The van der Waals surface area contributed by atoms with Gasteiger partial charge in [-0.15, -0.1) is 0 Å². The van der Waals surface area contributed by atoms with Gasteiger partial charge in [-0.05, 0) is 60.7 Å². The third kappa shape index (κ3) is 4.39. The first-order chi connectivity index (χ1) is 17.5. The molecule has 0 unspecified atom stereocenters. The first kappa shape index (κ1) is 23.8. The van der Waals surface area contributed by atoms with E-state index in [1.807, 2.05) is 24.3 Å². The van der Waals surface area contributed by atoms with Crippen molar-refractivity contribution in [3.8, 4) is 22.6 Å². The summed E-state index contributed by atoms with van der Waals surface area (Å²) in [5.41, 5.74) is 3.22. The van der Waals surface area contributed by atoms with Crippen molar-refractivity contribution in [1.29, 1.82) is 0 Å². The molecule has 5 rings (SSSR count). The highest BCUT2D eigenvalue weighted by Crippen LogP contribution is 2.38. The molecular formula is C28H27F2N3O3. The van der Waals surface area contributed by atoms with Gasteiger partial charge in [0, 0.05) is 36.0 Å². The quantitative estimate of drug-likeness (QED) is 0.524. The number of methoxy groups -OCH3 is 2. The molecule has 1 saturated heterocycles. The van der Waals surface area contributed by atoms with Gasteiger partial charge in [-0.3, -0.25) is 9.79 Å². The Morgan fingerprint density at radius 3 is 2.22 bits per heavy atom. The number of aliphatic imine (C=N–C) groups is 1. The lowest BCUT2D eigenvalue weighted by atomic mass is 9.98. The van der Waals surface area contributed by atoms with E-state index in [1.165, 1.54) is 39.5 Å². The molecule has 8 heteroatoms. The van der Waals surface area contributed by atoms with Gasteiger partial charge < -0.3 is 19.7 Å². The zero-order valence-electron chi connectivity index (χ0n) is 20.2. The van der Waals surface area contributed by atoms with Crippen LogP contribution in [-0.4, -0.2) is 39.1 Å². The zero-order chi connectivity index (χ0) is 25.2. The van der Waals surface area contributed by atoms with Crippen LogP contribution in [0.5, 0.6) is 11.5 Å². The molecule has 0 aliphatic carbocycles. The Labute approximate surface area is 208 Å². The average Bonchev–Trinajstić information content (AvgIpc) is 3.31. The number of ether oxygens (including phenoxy) is 2. The Morgan fingerprint density at radius 2 is 1.58 bits per heavy atom. The van der Waals surface area contributed by atoms with E-state index in [0.29, 0.717) is 22.5 Å². The second-order valence-corrected chi connectivity index (χ2v) is 8.87. The van der Waals surface area contributed by atoms with Crippen LogP contribution in [0.1, 0.15) is 40.7 Å². The molecule has 3 aromatic carbocycles. The molecule has 36 heavy (non-hydrogen) atoms. The summed E-state index contributed by atoms with van der Waals surface area (Å²) in [5.74, 6) is -1.66. The predicted molar refractivity (Wildman–Crippen MR) is 135 cm³/mol. The van der Waals surface area contributed by atoms with Crippen LogP contribution >= 0.6 is 0 Å². The standard InChI is InChI=1S/C28H27F2N3O3/c1-35-22-15-23(36-2)26(30)24(25(22)29)18-8-11-21-19(14-18)16-31-27(21)32-28(34)17-6-9-20(10-7-17)33-12-4-3-5-13-33/h6-11,14-15H,3-5,12-13,16H2,1-2H3,(H,31,32,34). The van der Waals surface area contributed by atoms with E-state index in [2.05, 4.69) is 15.2 Å². The van der Waals surface area contributed by atoms with Gasteiger partial charge in [0.05, 0.1) is 26.3 Å². The molecule has 0 atom stereocenters. The van der Waals surface area contributed by atoms with E-state index >= 15 is 0 Å². The number of halogens is 2. The van der Waals surface area contributed by atoms with Crippen LogP contribution in [0, 0.1) is 11.6 Å². The SMILES string of the molecule is COc1cc(OC)c(F)c(-c2ccc3c(c2)CN=C3NC(=O)c2ccc(N3CCCCC3)cc2)c1F. The summed E-state index contributed by atoms with van der Waals surface area (Å²) in [4.78, 5) is 19.7. The summed E-state index contributed by atoms with van der Waals surface area (Å²) in [7, 11) is 2.62. The minimum absolute atomic E-state index is 0.112. The highest BCUT2D eigenvalue weighted by molar-refractivity contribution is 6.14. The number of hydrogen-bond acceptors (Lipinski definition) is 5. The van der Waals surface area contributed by atoms with Crippen LogP contribution < -0.4 is 19.7 Å². The van der Waals surface area contributed by atoms with Crippen molar-refractivity contribution in [2.75, 3.05) is 32.2 Å². The Bertz CT molecular complexity index is 1300. The molecule has 1 fully saturated rings. The van der Waals surface area contributed by atoms with Gasteiger partial charge in [0.2, 0.25) is 0 Å². The number of anilines is 1. The van der Waals surface area contributed by atoms with E-state index in [9.17, 15) is 13.6 Å². The maximum Gasteiger partial charge on any atom is 0.256 e. The smallest absolute Gasteiger partial charge is 0.256 e. The summed E-state index contributed by atoms with van der Waals surface area (Å²) in [5, 5.41) is 2.88. The lowest BCUT2D eigenvalue weighted by Gasteiger charge is -2.28. The highest BCUT2D eigenvalue weighted by atomic mass is 19.1. The number of amidine groups is 1. The first-order valence-corrected chi connectivity index (χ1v) is 11.9. The van der Waals surface area contributed by atoms with Gasteiger partial charge in [0.15, 0.2) is 23.1 Å². The number of carbonyl (C=O) groups excluding carboxylic acids is 1. The van der Waals surface area contributed by atoms with Gasteiger partial charge in [-0.2, -0.15) is 0 Å². The fraction of sp³-hybridized carbons (Fsp3) is 0.286. The molecule has 3 aromatic rings. The number of nitrogens with one attached hydrogen (secondary N) is 1. The van der Waals surface area contributed by atoms with E-state index in [4.69, 9.17) is 9.47 Å². The van der Waals surface area contributed by atoms with Crippen LogP contribution in [0.4, 0.5) is 14.5 Å². The van der Waals surface area contributed by atoms with Crippen molar-refractivity contribution in [2.24, 2.45) is 4.99 Å². The largest absolute Gasteiger partial charge is 0.494 e. The highest BCUT2D eigenvalue weighted by Gasteiger charge is 2.24.